The normalized spacial score (nSPS) is 22.1. The van der Waals surface area contributed by atoms with Crippen LogP contribution in [0.5, 0.6) is 0 Å². The summed E-state index contributed by atoms with van der Waals surface area (Å²) in [6.07, 6.45) is -3.03. The van der Waals surface area contributed by atoms with E-state index < -0.39 is 30.0 Å². The summed E-state index contributed by atoms with van der Waals surface area (Å²) in [6, 6.07) is 7.67. The Kier molecular flexibility index (Phi) is 5.06. The van der Waals surface area contributed by atoms with E-state index in [0.717, 1.165) is 4.90 Å². The molecule has 1 saturated carbocycles. The van der Waals surface area contributed by atoms with Gasteiger partial charge in [-0.3, -0.25) is 4.79 Å². The van der Waals surface area contributed by atoms with E-state index in [1.54, 1.807) is 37.3 Å². The fourth-order valence-electron chi connectivity index (χ4n) is 3.80. The van der Waals surface area contributed by atoms with Gasteiger partial charge in [0.05, 0.1) is 19.3 Å². The van der Waals surface area contributed by atoms with Gasteiger partial charge in [-0.25, -0.2) is 0 Å². The number of hydrogen-bond acceptors (Lipinski definition) is 3. The van der Waals surface area contributed by atoms with Crippen LogP contribution in [0.1, 0.15) is 44.2 Å². The predicted molar refractivity (Wildman–Crippen MR) is 84.6 cm³/mol. The van der Waals surface area contributed by atoms with Crippen LogP contribution in [0, 0.1) is 0 Å². The first-order valence-corrected chi connectivity index (χ1v) is 8.55. The molecular weight excluding hydrogens is 335 g/mol. The topological polar surface area (TPSA) is 38.8 Å². The van der Waals surface area contributed by atoms with E-state index in [1.165, 1.54) is 0 Å². The summed E-state index contributed by atoms with van der Waals surface area (Å²) in [4.78, 5) is 13.1. The molecule has 1 atom stereocenters. The zero-order chi connectivity index (χ0) is 18.1. The molecule has 0 aromatic heterocycles. The number of carbonyl (C=O) groups excluding carboxylic acids is 1. The molecule has 2 fully saturated rings. The SMILES string of the molecule is C[C@@H](c1ccccc1)N(C(=O)C(F)(F)F)C1CCC2(CC1)OCCO2. The number of benzene rings is 1. The van der Waals surface area contributed by atoms with Crippen LogP contribution in [0.25, 0.3) is 0 Å². The number of halogens is 3. The van der Waals surface area contributed by atoms with Crippen LogP contribution >= 0.6 is 0 Å². The summed E-state index contributed by atoms with van der Waals surface area (Å²) in [7, 11) is 0. The van der Waals surface area contributed by atoms with Crippen molar-refractivity contribution < 1.29 is 27.4 Å². The molecule has 4 nitrogen and oxygen atoms in total. The maximum absolute atomic E-state index is 13.2. The Bertz CT molecular complexity index is 589. The van der Waals surface area contributed by atoms with Gasteiger partial charge in [0.25, 0.3) is 0 Å². The van der Waals surface area contributed by atoms with E-state index in [0.29, 0.717) is 44.5 Å². The highest BCUT2D eigenvalue weighted by atomic mass is 19.4. The Morgan fingerprint density at radius 2 is 1.72 bits per heavy atom. The Labute approximate surface area is 144 Å². The summed E-state index contributed by atoms with van der Waals surface area (Å²) in [5.41, 5.74) is 0.689. The maximum Gasteiger partial charge on any atom is 0.471 e. The lowest BCUT2D eigenvalue weighted by atomic mass is 9.87. The average molecular weight is 357 g/mol. The summed E-state index contributed by atoms with van der Waals surface area (Å²) in [5.74, 6) is -2.45. The molecule has 0 unspecified atom stereocenters. The van der Waals surface area contributed by atoms with Gasteiger partial charge < -0.3 is 14.4 Å². The number of alkyl halides is 3. The monoisotopic (exact) mass is 357 g/mol. The summed E-state index contributed by atoms with van der Waals surface area (Å²) in [6.45, 7) is 2.67. The van der Waals surface area contributed by atoms with Crippen molar-refractivity contribution in [1.29, 1.82) is 0 Å². The third-order valence-corrected chi connectivity index (χ3v) is 5.10. The van der Waals surface area contributed by atoms with Crippen molar-refractivity contribution in [2.75, 3.05) is 13.2 Å². The highest BCUT2D eigenvalue weighted by Gasteiger charge is 2.49. The molecule has 138 valence electrons. The molecule has 25 heavy (non-hydrogen) atoms. The lowest BCUT2D eigenvalue weighted by Gasteiger charge is -2.43. The fraction of sp³-hybridized carbons (Fsp3) is 0.611. The molecule has 1 amide bonds. The van der Waals surface area contributed by atoms with E-state index >= 15 is 0 Å². The largest absolute Gasteiger partial charge is 0.471 e. The van der Waals surface area contributed by atoms with Crippen molar-refractivity contribution in [2.45, 2.75) is 56.7 Å². The van der Waals surface area contributed by atoms with E-state index in [-0.39, 0.29) is 0 Å². The molecular formula is C18H22F3NO3. The van der Waals surface area contributed by atoms with E-state index in [2.05, 4.69) is 0 Å². The molecule has 3 rings (SSSR count). The number of ether oxygens (including phenoxy) is 2. The van der Waals surface area contributed by atoms with Gasteiger partial charge in [0.1, 0.15) is 0 Å². The molecule has 0 radical (unpaired) electrons. The van der Waals surface area contributed by atoms with Crippen molar-refractivity contribution in [1.82, 2.24) is 4.90 Å². The Balaban J connectivity index is 1.81. The smallest absolute Gasteiger partial charge is 0.348 e. The molecule has 0 N–H and O–H groups in total. The Hall–Kier alpha value is -1.60. The van der Waals surface area contributed by atoms with Crippen LogP contribution in [-0.4, -0.2) is 42.0 Å². The number of hydrogen-bond donors (Lipinski definition) is 0. The van der Waals surface area contributed by atoms with Crippen LogP contribution in [0.3, 0.4) is 0 Å². The standard InChI is InChI=1S/C18H22F3NO3/c1-13(14-5-3-2-4-6-14)22(16(23)18(19,20)21)15-7-9-17(10-8-15)24-11-12-25-17/h2-6,13,15H,7-12H2,1H3/t13-/m0/s1. The first-order chi connectivity index (χ1) is 11.8. The molecule has 1 aliphatic carbocycles. The number of nitrogens with zero attached hydrogens (tertiary/aromatic N) is 1. The second kappa shape index (κ2) is 6.96. The molecule has 7 heteroatoms. The van der Waals surface area contributed by atoms with Crippen LogP contribution in [-0.2, 0) is 14.3 Å². The minimum absolute atomic E-state index is 0.430. The fourth-order valence-corrected chi connectivity index (χ4v) is 3.80. The minimum atomic E-state index is -4.89. The predicted octanol–water partition coefficient (Wildman–Crippen LogP) is 3.82. The van der Waals surface area contributed by atoms with Gasteiger partial charge in [0.15, 0.2) is 5.79 Å². The molecule has 1 heterocycles. The van der Waals surface area contributed by atoms with Gasteiger partial charge in [0, 0.05) is 18.9 Å². The zero-order valence-corrected chi connectivity index (χ0v) is 14.1. The molecule has 2 aliphatic rings. The van der Waals surface area contributed by atoms with Crippen molar-refractivity contribution in [2.24, 2.45) is 0 Å². The van der Waals surface area contributed by atoms with Crippen molar-refractivity contribution in [3.63, 3.8) is 0 Å². The lowest BCUT2D eigenvalue weighted by Crippen LogP contribution is -2.51. The maximum atomic E-state index is 13.2. The van der Waals surface area contributed by atoms with Gasteiger partial charge in [-0.2, -0.15) is 13.2 Å². The molecule has 1 spiro atoms. The van der Waals surface area contributed by atoms with Crippen LogP contribution in [0.2, 0.25) is 0 Å². The van der Waals surface area contributed by atoms with Gasteiger partial charge in [-0.1, -0.05) is 30.3 Å². The first-order valence-electron chi connectivity index (χ1n) is 8.55. The molecule has 1 aromatic rings. The second-order valence-corrected chi connectivity index (χ2v) is 6.64. The van der Waals surface area contributed by atoms with E-state index in [4.69, 9.17) is 9.47 Å². The average Bonchev–Trinajstić information content (AvgIpc) is 3.05. The third kappa shape index (κ3) is 3.82. The van der Waals surface area contributed by atoms with Gasteiger partial charge in [0.2, 0.25) is 0 Å². The van der Waals surface area contributed by atoms with Crippen molar-refractivity contribution >= 4 is 5.91 Å². The summed E-state index contributed by atoms with van der Waals surface area (Å²) in [5, 5.41) is 0. The number of rotatable bonds is 3. The molecule has 1 aliphatic heterocycles. The number of carbonyl (C=O) groups is 1. The lowest BCUT2D eigenvalue weighted by molar-refractivity contribution is -0.202. The molecule has 1 aromatic carbocycles. The van der Waals surface area contributed by atoms with Gasteiger partial charge in [-0.05, 0) is 25.3 Å². The first kappa shape index (κ1) is 18.2. The van der Waals surface area contributed by atoms with Crippen molar-refractivity contribution in [3.8, 4) is 0 Å². The number of amides is 1. The minimum Gasteiger partial charge on any atom is -0.348 e. The highest BCUT2D eigenvalue weighted by Crippen LogP contribution is 2.40. The molecule has 0 bridgehead atoms. The highest BCUT2D eigenvalue weighted by molar-refractivity contribution is 5.82. The van der Waals surface area contributed by atoms with E-state index in [9.17, 15) is 18.0 Å². The summed E-state index contributed by atoms with van der Waals surface area (Å²) < 4.78 is 50.8. The van der Waals surface area contributed by atoms with Crippen LogP contribution in [0.4, 0.5) is 13.2 Å². The molecule has 1 saturated heterocycles. The van der Waals surface area contributed by atoms with Crippen LogP contribution < -0.4 is 0 Å². The van der Waals surface area contributed by atoms with Crippen LogP contribution in [0.15, 0.2) is 30.3 Å². The third-order valence-electron chi connectivity index (χ3n) is 5.10. The van der Waals surface area contributed by atoms with Gasteiger partial charge in [-0.15, -0.1) is 0 Å². The van der Waals surface area contributed by atoms with Gasteiger partial charge >= 0.3 is 12.1 Å². The summed E-state index contributed by atoms with van der Waals surface area (Å²) >= 11 is 0. The zero-order valence-electron chi connectivity index (χ0n) is 14.1. The van der Waals surface area contributed by atoms with E-state index in [1.807, 2.05) is 0 Å². The quantitative estimate of drug-likeness (QED) is 0.825. The second-order valence-electron chi connectivity index (χ2n) is 6.64. The Morgan fingerprint density at radius 3 is 2.24 bits per heavy atom. The van der Waals surface area contributed by atoms with Crippen molar-refractivity contribution in [3.05, 3.63) is 35.9 Å². The Morgan fingerprint density at radius 1 is 1.16 bits per heavy atom.